The van der Waals surface area contributed by atoms with Gasteiger partial charge < -0.3 is 5.32 Å². The number of rotatable bonds is 4. The molecular formula is C13H19N3O2. The van der Waals surface area contributed by atoms with Gasteiger partial charge in [0.05, 0.1) is 4.92 Å². The number of nitrogens with zero attached hydrogens (tertiary/aromatic N) is 2. The molecule has 0 bridgehead atoms. The smallest absolute Gasteiger partial charge is 0.287 e. The van der Waals surface area contributed by atoms with Crippen molar-refractivity contribution in [3.05, 3.63) is 27.9 Å². The van der Waals surface area contributed by atoms with E-state index in [4.69, 9.17) is 0 Å². The molecule has 0 aromatic carbocycles. The Hall–Kier alpha value is -1.65. The highest BCUT2D eigenvalue weighted by Gasteiger charge is 2.28. The first-order valence-electron chi connectivity index (χ1n) is 6.35. The van der Waals surface area contributed by atoms with Gasteiger partial charge in [-0.05, 0) is 30.7 Å². The van der Waals surface area contributed by atoms with E-state index in [1.54, 1.807) is 6.07 Å². The molecular weight excluding hydrogens is 230 g/mol. The van der Waals surface area contributed by atoms with Gasteiger partial charge >= 0.3 is 0 Å². The molecule has 2 rings (SSSR count). The molecule has 0 atom stereocenters. The Morgan fingerprint density at radius 1 is 1.50 bits per heavy atom. The number of nitro groups is 1. The minimum absolute atomic E-state index is 0.0464. The van der Waals surface area contributed by atoms with Gasteiger partial charge in [0.25, 0.3) is 5.69 Å². The standard InChI is InChI=1S/C13H19N3O2/c1-10-7-11(16(17)18)8-14-12(10)15-9-13(2)5-3-4-6-13/h7-8H,3-6,9H2,1-2H3,(H,14,15). The van der Waals surface area contributed by atoms with Crippen LogP contribution in [0.2, 0.25) is 0 Å². The van der Waals surface area contributed by atoms with Crippen molar-refractivity contribution in [1.29, 1.82) is 0 Å². The molecule has 1 N–H and O–H groups in total. The predicted octanol–water partition coefficient (Wildman–Crippen LogP) is 3.29. The zero-order chi connectivity index (χ0) is 13.2. The zero-order valence-corrected chi connectivity index (χ0v) is 10.9. The van der Waals surface area contributed by atoms with Crippen molar-refractivity contribution in [3.8, 4) is 0 Å². The third kappa shape index (κ3) is 2.78. The molecule has 5 heteroatoms. The summed E-state index contributed by atoms with van der Waals surface area (Å²) in [5, 5.41) is 14.0. The fraction of sp³-hybridized carbons (Fsp3) is 0.615. The summed E-state index contributed by atoms with van der Waals surface area (Å²) in [6.07, 6.45) is 6.39. The third-order valence-corrected chi connectivity index (χ3v) is 3.77. The van der Waals surface area contributed by atoms with Crippen molar-refractivity contribution < 1.29 is 4.92 Å². The Balaban J connectivity index is 2.03. The first-order chi connectivity index (χ1) is 8.50. The van der Waals surface area contributed by atoms with E-state index in [2.05, 4.69) is 17.2 Å². The second-order valence-corrected chi connectivity index (χ2v) is 5.49. The van der Waals surface area contributed by atoms with Gasteiger partial charge in [-0.1, -0.05) is 19.8 Å². The fourth-order valence-corrected chi connectivity index (χ4v) is 2.55. The molecule has 1 aromatic heterocycles. The summed E-state index contributed by atoms with van der Waals surface area (Å²) < 4.78 is 0. The topological polar surface area (TPSA) is 68.1 Å². The second kappa shape index (κ2) is 4.92. The van der Waals surface area contributed by atoms with Crippen molar-refractivity contribution >= 4 is 11.5 Å². The van der Waals surface area contributed by atoms with E-state index >= 15 is 0 Å². The van der Waals surface area contributed by atoms with Crippen molar-refractivity contribution in [2.45, 2.75) is 39.5 Å². The monoisotopic (exact) mass is 249 g/mol. The molecule has 98 valence electrons. The largest absolute Gasteiger partial charge is 0.369 e. The van der Waals surface area contributed by atoms with E-state index < -0.39 is 4.92 Å². The zero-order valence-electron chi connectivity index (χ0n) is 10.9. The quantitative estimate of drug-likeness (QED) is 0.656. The van der Waals surface area contributed by atoms with Gasteiger partial charge in [-0.2, -0.15) is 0 Å². The highest BCUT2D eigenvalue weighted by molar-refractivity contribution is 5.48. The molecule has 1 saturated carbocycles. The number of aryl methyl sites for hydroxylation is 1. The van der Waals surface area contributed by atoms with Crippen LogP contribution in [-0.4, -0.2) is 16.5 Å². The van der Waals surface area contributed by atoms with Gasteiger partial charge in [-0.15, -0.1) is 0 Å². The summed E-state index contributed by atoms with van der Waals surface area (Å²) >= 11 is 0. The van der Waals surface area contributed by atoms with Crippen molar-refractivity contribution in [1.82, 2.24) is 4.98 Å². The average molecular weight is 249 g/mol. The van der Waals surface area contributed by atoms with E-state index in [1.165, 1.54) is 31.9 Å². The van der Waals surface area contributed by atoms with Crippen LogP contribution in [0.15, 0.2) is 12.3 Å². The molecule has 18 heavy (non-hydrogen) atoms. The van der Waals surface area contributed by atoms with Crippen molar-refractivity contribution in [2.75, 3.05) is 11.9 Å². The minimum atomic E-state index is -0.415. The van der Waals surface area contributed by atoms with Crippen molar-refractivity contribution in [2.24, 2.45) is 5.41 Å². The summed E-state index contributed by atoms with van der Waals surface area (Å²) in [6, 6.07) is 1.56. The third-order valence-electron chi connectivity index (χ3n) is 3.77. The van der Waals surface area contributed by atoms with Crippen LogP contribution in [0.4, 0.5) is 11.5 Å². The number of aromatic nitrogens is 1. The molecule has 0 radical (unpaired) electrons. The van der Waals surface area contributed by atoms with Gasteiger partial charge in [0.1, 0.15) is 12.0 Å². The summed E-state index contributed by atoms with van der Waals surface area (Å²) in [5.74, 6) is 0.758. The van der Waals surface area contributed by atoms with Gasteiger partial charge in [0, 0.05) is 12.6 Å². The van der Waals surface area contributed by atoms with E-state index in [1.807, 2.05) is 6.92 Å². The molecule has 1 aromatic rings. The number of pyridine rings is 1. The van der Waals surface area contributed by atoms with Gasteiger partial charge in [0.15, 0.2) is 0 Å². The lowest BCUT2D eigenvalue weighted by molar-refractivity contribution is -0.385. The van der Waals surface area contributed by atoms with E-state index in [0.29, 0.717) is 5.41 Å². The lowest BCUT2D eigenvalue weighted by Crippen LogP contribution is -2.23. The first-order valence-corrected chi connectivity index (χ1v) is 6.35. The van der Waals surface area contributed by atoms with Gasteiger partial charge in [-0.3, -0.25) is 10.1 Å². The van der Waals surface area contributed by atoms with E-state index in [9.17, 15) is 10.1 Å². The molecule has 0 aliphatic heterocycles. The minimum Gasteiger partial charge on any atom is -0.369 e. The molecule has 0 unspecified atom stereocenters. The summed E-state index contributed by atoms with van der Waals surface area (Å²) in [6.45, 7) is 5.02. The molecule has 1 aliphatic rings. The fourth-order valence-electron chi connectivity index (χ4n) is 2.55. The Bertz CT molecular complexity index is 454. The molecule has 5 nitrogen and oxygen atoms in total. The Kier molecular flexibility index (Phi) is 3.50. The number of hydrogen-bond donors (Lipinski definition) is 1. The van der Waals surface area contributed by atoms with Crippen LogP contribution in [0.5, 0.6) is 0 Å². The van der Waals surface area contributed by atoms with Crippen LogP contribution in [0.3, 0.4) is 0 Å². The SMILES string of the molecule is Cc1cc([N+](=O)[O-])cnc1NCC1(C)CCCC1. The van der Waals surface area contributed by atoms with Gasteiger partial charge in [-0.25, -0.2) is 4.98 Å². The molecule has 0 saturated heterocycles. The molecule has 1 heterocycles. The maximum atomic E-state index is 10.6. The Morgan fingerprint density at radius 2 is 2.17 bits per heavy atom. The van der Waals surface area contributed by atoms with E-state index in [-0.39, 0.29) is 5.69 Å². The number of hydrogen-bond acceptors (Lipinski definition) is 4. The van der Waals surface area contributed by atoms with Crippen molar-refractivity contribution in [3.63, 3.8) is 0 Å². The highest BCUT2D eigenvalue weighted by Crippen LogP contribution is 2.37. The first kappa shape index (κ1) is 12.8. The van der Waals surface area contributed by atoms with Crippen LogP contribution in [-0.2, 0) is 0 Å². The van der Waals surface area contributed by atoms with Crippen LogP contribution in [0.25, 0.3) is 0 Å². The molecule has 1 fully saturated rings. The van der Waals surface area contributed by atoms with Crippen LogP contribution >= 0.6 is 0 Å². The Labute approximate surface area is 107 Å². The summed E-state index contributed by atoms with van der Waals surface area (Å²) in [5.41, 5.74) is 1.21. The highest BCUT2D eigenvalue weighted by atomic mass is 16.6. The Morgan fingerprint density at radius 3 is 2.72 bits per heavy atom. The molecule has 1 aliphatic carbocycles. The molecule has 0 spiro atoms. The lowest BCUT2D eigenvalue weighted by Gasteiger charge is -2.24. The second-order valence-electron chi connectivity index (χ2n) is 5.49. The van der Waals surface area contributed by atoms with Gasteiger partial charge in [0.2, 0.25) is 0 Å². The maximum absolute atomic E-state index is 10.6. The average Bonchev–Trinajstić information content (AvgIpc) is 2.75. The predicted molar refractivity (Wildman–Crippen MR) is 70.7 cm³/mol. The van der Waals surface area contributed by atoms with E-state index in [0.717, 1.165) is 17.9 Å². The normalized spacial score (nSPS) is 17.7. The van der Waals surface area contributed by atoms with Crippen LogP contribution in [0, 0.1) is 22.5 Å². The maximum Gasteiger partial charge on any atom is 0.287 e. The number of anilines is 1. The lowest BCUT2D eigenvalue weighted by atomic mass is 9.89. The van der Waals surface area contributed by atoms with Crippen LogP contribution < -0.4 is 5.32 Å². The summed E-state index contributed by atoms with van der Waals surface area (Å²) in [7, 11) is 0. The number of nitrogens with one attached hydrogen (secondary N) is 1. The summed E-state index contributed by atoms with van der Waals surface area (Å²) in [4.78, 5) is 14.4. The van der Waals surface area contributed by atoms with Crippen LogP contribution in [0.1, 0.15) is 38.2 Å². The molecule has 0 amide bonds.